The summed E-state index contributed by atoms with van der Waals surface area (Å²) in [4.78, 5) is 16.4. The van der Waals surface area contributed by atoms with Gasteiger partial charge in [0.1, 0.15) is 0 Å². The van der Waals surface area contributed by atoms with E-state index in [1.54, 1.807) is 0 Å². The van der Waals surface area contributed by atoms with Crippen LogP contribution in [0.5, 0.6) is 0 Å². The number of hydrogen-bond acceptors (Lipinski definition) is 8. The number of halogens is 1. The molecular formula is C9H8BrN5O2S2. The van der Waals surface area contributed by atoms with Gasteiger partial charge in [0, 0.05) is 30.8 Å². The smallest absolute Gasteiger partial charge is 0.302 e. The molecular weight excluding hydrogens is 354 g/mol. The molecule has 0 amide bonds. The molecule has 0 spiro atoms. The van der Waals surface area contributed by atoms with Gasteiger partial charge in [-0.1, -0.05) is 11.3 Å². The molecule has 0 fully saturated rings. The van der Waals surface area contributed by atoms with Crippen molar-refractivity contribution in [3.8, 4) is 0 Å². The van der Waals surface area contributed by atoms with Crippen LogP contribution in [0.2, 0.25) is 0 Å². The van der Waals surface area contributed by atoms with Crippen molar-refractivity contribution in [1.82, 2.24) is 15.2 Å². The third kappa shape index (κ3) is 3.39. The predicted molar refractivity (Wildman–Crippen MR) is 77.0 cm³/mol. The molecule has 2 aromatic rings. The molecule has 0 aliphatic carbocycles. The Hall–Kier alpha value is -1.26. The highest BCUT2D eigenvalue weighted by atomic mass is 79.9. The van der Waals surface area contributed by atoms with Gasteiger partial charge < -0.3 is 4.90 Å². The molecule has 0 bridgehead atoms. The maximum atomic E-state index is 11.0. The van der Waals surface area contributed by atoms with Gasteiger partial charge in [-0.25, -0.2) is 4.98 Å². The predicted octanol–water partition coefficient (Wildman–Crippen LogP) is 2.82. The molecule has 100 valence electrons. The second-order valence-electron chi connectivity index (χ2n) is 3.58. The van der Waals surface area contributed by atoms with Crippen molar-refractivity contribution in [2.45, 2.75) is 9.37 Å². The average Bonchev–Trinajstić information content (AvgIpc) is 2.80. The van der Waals surface area contributed by atoms with Crippen LogP contribution in [-0.2, 0) is 0 Å². The number of rotatable bonds is 4. The first-order chi connectivity index (χ1) is 8.97. The molecule has 0 aliphatic heterocycles. The topological polar surface area (TPSA) is 85.0 Å². The first-order valence-corrected chi connectivity index (χ1v) is 7.38. The normalized spacial score (nSPS) is 10.5. The molecule has 7 nitrogen and oxygen atoms in total. The van der Waals surface area contributed by atoms with E-state index in [1.165, 1.54) is 23.6 Å². The third-order valence-electron chi connectivity index (χ3n) is 1.96. The Balaban J connectivity index is 2.29. The molecule has 0 saturated heterocycles. The quantitative estimate of drug-likeness (QED) is 0.611. The lowest BCUT2D eigenvalue weighted by atomic mass is 10.4. The molecule has 0 aliphatic rings. The van der Waals surface area contributed by atoms with Gasteiger partial charge in [-0.3, -0.25) is 10.1 Å². The first kappa shape index (κ1) is 14.2. The molecule has 19 heavy (non-hydrogen) atoms. The number of nitro groups is 1. The Kier molecular flexibility index (Phi) is 4.32. The molecule has 0 aromatic carbocycles. The van der Waals surface area contributed by atoms with Crippen LogP contribution < -0.4 is 4.90 Å². The lowest BCUT2D eigenvalue weighted by Crippen LogP contribution is -2.07. The average molecular weight is 362 g/mol. The summed E-state index contributed by atoms with van der Waals surface area (Å²) >= 11 is 5.65. The minimum atomic E-state index is -0.464. The standard InChI is InChI=1S/C9H8BrN5O2S2/c1-14(2)8-12-13-9(19-8)18-7-6(15(16)17)3-5(10)4-11-7/h3-4H,1-2H3. The van der Waals surface area contributed by atoms with Gasteiger partial charge in [0.15, 0.2) is 9.37 Å². The van der Waals surface area contributed by atoms with E-state index in [-0.39, 0.29) is 5.69 Å². The molecule has 2 rings (SSSR count). The van der Waals surface area contributed by atoms with Gasteiger partial charge in [-0.15, -0.1) is 10.2 Å². The summed E-state index contributed by atoms with van der Waals surface area (Å²) in [7, 11) is 3.71. The summed E-state index contributed by atoms with van der Waals surface area (Å²) < 4.78 is 1.18. The van der Waals surface area contributed by atoms with Gasteiger partial charge in [-0.2, -0.15) is 0 Å². The highest BCUT2D eigenvalue weighted by Crippen LogP contribution is 2.37. The summed E-state index contributed by atoms with van der Waals surface area (Å²) in [5.41, 5.74) is -0.0546. The summed E-state index contributed by atoms with van der Waals surface area (Å²) in [6.07, 6.45) is 1.52. The first-order valence-electron chi connectivity index (χ1n) is 4.96. The number of hydrogen-bond donors (Lipinski definition) is 0. The van der Waals surface area contributed by atoms with Gasteiger partial charge >= 0.3 is 5.69 Å². The van der Waals surface area contributed by atoms with Crippen LogP contribution in [0.15, 0.2) is 26.1 Å². The minimum absolute atomic E-state index is 0.0546. The van der Waals surface area contributed by atoms with Gasteiger partial charge in [0.25, 0.3) is 0 Å². The highest BCUT2D eigenvalue weighted by molar-refractivity contribution is 9.10. The van der Waals surface area contributed by atoms with Crippen molar-refractivity contribution in [2.75, 3.05) is 19.0 Å². The summed E-state index contributed by atoms with van der Waals surface area (Å²) in [5.74, 6) is 0. The van der Waals surface area contributed by atoms with E-state index in [1.807, 2.05) is 19.0 Å². The summed E-state index contributed by atoms with van der Waals surface area (Å²) in [6, 6.07) is 1.42. The fourth-order valence-corrected chi connectivity index (χ4v) is 3.17. The number of nitrogens with zero attached hydrogens (tertiary/aromatic N) is 5. The van der Waals surface area contributed by atoms with Crippen LogP contribution in [0.4, 0.5) is 10.8 Å². The molecule has 0 atom stereocenters. The molecule has 0 N–H and O–H groups in total. The van der Waals surface area contributed by atoms with E-state index in [9.17, 15) is 10.1 Å². The molecule has 2 heterocycles. The molecule has 0 unspecified atom stereocenters. The molecule has 0 saturated carbocycles. The second-order valence-corrected chi connectivity index (χ2v) is 6.69. The van der Waals surface area contributed by atoms with E-state index in [2.05, 4.69) is 31.1 Å². The van der Waals surface area contributed by atoms with Crippen molar-refractivity contribution in [2.24, 2.45) is 0 Å². The lowest BCUT2D eigenvalue weighted by Gasteiger charge is -2.03. The van der Waals surface area contributed by atoms with Crippen molar-refractivity contribution >= 4 is 49.8 Å². The Labute approximate surface area is 125 Å². The van der Waals surface area contributed by atoms with Gasteiger partial charge in [-0.05, 0) is 27.7 Å². The van der Waals surface area contributed by atoms with E-state index in [0.29, 0.717) is 13.8 Å². The number of pyridine rings is 1. The fraction of sp³-hybridized carbons (Fsp3) is 0.222. The second kappa shape index (κ2) is 5.80. The Morgan fingerprint density at radius 3 is 2.79 bits per heavy atom. The zero-order chi connectivity index (χ0) is 14.0. The van der Waals surface area contributed by atoms with Crippen LogP contribution in [0.1, 0.15) is 0 Å². The highest BCUT2D eigenvalue weighted by Gasteiger charge is 2.19. The maximum absolute atomic E-state index is 11.0. The van der Waals surface area contributed by atoms with Crippen LogP contribution in [0, 0.1) is 10.1 Å². The summed E-state index contributed by atoms with van der Waals surface area (Å²) in [5, 5.41) is 19.9. The van der Waals surface area contributed by atoms with Crippen LogP contribution in [0.25, 0.3) is 0 Å². The minimum Gasteiger partial charge on any atom is -0.353 e. The van der Waals surface area contributed by atoms with E-state index < -0.39 is 4.92 Å². The third-order valence-corrected chi connectivity index (χ3v) is 4.54. The van der Waals surface area contributed by atoms with Crippen molar-refractivity contribution < 1.29 is 4.92 Å². The Morgan fingerprint density at radius 2 is 2.21 bits per heavy atom. The van der Waals surface area contributed by atoms with Crippen LogP contribution in [0.3, 0.4) is 0 Å². The number of aromatic nitrogens is 3. The van der Waals surface area contributed by atoms with E-state index in [0.717, 1.165) is 16.9 Å². The largest absolute Gasteiger partial charge is 0.353 e. The zero-order valence-electron chi connectivity index (χ0n) is 9.90. The number of anilines is 1. The maximum Gasteiger partial charge on any atom is 0.302 e. The van der Waals surface area contributed by atoms with E-state index >= 15 is 0 Å². The van der Waals surface area contributed by atoms with Crippen LogP contribution in [-0.4, -0.2) is 34.2 Å². The lowest BCUT2D eigenvalue weighted by molar-refractivity contribution is -0.388. The van der Waals surface area contributed by atoms with Gasteiger partial charge in [0.05, 0.1) is 4.92 Å². The van der Waals surface area contributed by atoms with E-state index in [4.69, 9.17) is 0 Å². The van der Waals surface area contributed by atoms with Crippen molar-refractivity contribution in [3.63, 3.8) is 0 Å². The SMILES string of the molecule is CN(C)c1nnc(Sc2ncc(Br)cc2[N+](=O)[O-])s1. The Morgan fingerprint density at radius 1 is 1.47 bits per heavy atom. The Bertz CT molecular complexity index is 618. The van der Waals surface area contributed by atoms with Crippen LogP contribution >= 0.6 is 39.0 Å². The zero-order valence-corrected chi connectivity index (χ0v) is 13.1. The van der Waals surface area contributed by atoms with Gasteiger partial charge in [0.2, 0.25) is 5.13 Å². The van der Waals surface area contributed by atoms with Crippen molar-refractivity contribution in [3.05, 3.63) is 26.9 Å². The molecule has 10 heteroatoms. The fourth-order valence-electron chi connectivity index (χ4n) is 1.13. The van der Waals surface area contributed by atoms with Crippen molar-refractivity contribution in [1.29, 1.82) is 0 Å². The molecule has 2 aromatic heterocycles. The molecule has 0 radical (unpaired) electrons. The monoisotopic (exact) mass is 361 g/mol. The summed E-state index contributed by atoms with van der Waals surface area (Å²) in [6.45, 7) is 0.